The molecule has 6 heteroatoms. The Morgan fingerprint density at radius 2 is 2.04 bits per heavy atom. The predicted octanol–water partition coefficient (Wildman–Crippen LogP) is 3.58. The average Bonchev–Trinajstić information content (AvgIpc) is 3.04. The summed E-state index contributed by atoms with van der Waals surface area (Å²) in [6, 6.07) is 7.46. The summed E-state index contributed by atoms with van der Waals surface area (Å²) in [7, 11) is 0. The number of carbonyl (C=O) groups excluding carboxylic acids is 2. The fraction of sp³-hybridized carbons (Fsp3) is 0.389. The minimum Gasteiger partial charge on any atom is -0.329 e. The first-order valence-electron chi connectivity index (χ1n) is 8.01. The summed E-state index contributed by atoms with van der Waals surface area (Å²) < 4.78 is 0. The molecule has 0 bridgehead atoms. The lowest BCUT2D eigenvalue weighted by Crippen LogP contribution is -2.39. The molecule has 0 spiro atoms. The quantitative estimate of drug-likeness (QED) is 0.834. The summed E-state index contributed by atoms with van der Waals surface area (Å²) >= 11 is 1.36. The number of nitrogens with one attached hydrogen (secondary N) is 1. The van der Waals surface area contributed by atoms with Crippen LogP contribution >= 0.6 is 11.3 Å². The van der Waals surface area contributed by atoms with Crippen molar-refractivity contribution in [3.63, 3.8) is 0 Å². The molecule has 0 saturated carbocycles. The molecule has 0 aliphatic rings. The molecule has 0 aliphatic carbocycles. The van der Waals surface area contributed by atoms with E-state index in [1.807, 2.05) is 25.1 Å². The second-order valence-electron chi connectivity index (χ2n) is 6.11. The summed E-state index contributed by atoms with van der Waals surface area (Å²) in [6.45, 7) is 6.69. The van der Waals surface area contributed by atoms with E-state index in [-0.39, 0.29) is 18.4 Å². The summed E-state index contributed by atoms with van der Waals surface area (Å²) in [5, 5.41) is 5.08. The number of nitrogens with zero attached hydrogens (tertiary/aromatic N) is 2. The van der Waals surface area contributed by atoms with E-state index in [1.165, 1.54) is 11.3 Å². The summed E-state index contributed by atoms with van der Waals surface area (Å²) in [5.41, 5.74) is 1.56. The number of anilines is 1. The van der Waals surface area contributed by atoms with Crippen molar-refractivity contribution in [3.8, 4) is 0 Å². The number of benzene rings is 1. The normalized spacial score (nSPS) is 10.7. The Morgan fingerprint density at radius 1 is 1.29 bits per heavy atom. The molecule has 0 saturated heterocycles. The number of thiazole rings is 1. The second kappa shape index (κ2) is 8.59. The van der Waals surface area contributed by atoms with E-state index in [0.29, 0.717) is 23.2 Å². The highest BCUT2D eigenvalue weighted by Gasteiger charge is 2.20. The zero-order chi connectivity index (χ0) is 17.5. The maximum absolute atomic E-state index is 12.8. The van der Waals surface area contributed by atoms with Crippen LogP contribution in [0.25, 0.3) is 0 Å². The Hall–Kier alpha value is -2.21. The first-order chi connectivity index (χ1) is 11.5. The molecular formula is C18H23N3O2S. The molecule has 1 aromatic carbocycles. The van der Waals surface area contributed by atoms with Crippen LogP contribution in [0.15, 0.2) is 35.8 Å². The molecule has 1 heterocycles. The minimum atomic E-state index is -0.226. The maximum atomic E-state index is 12.8. The van der Waals surface area contributed by atoms with Crippen molar-refractivity contribution in [1.82, 2.24) is 9.88 Å². The predicted molar refractivity (Wildman–Crippen MR) is 97.3 cm³/mol. The van der Waals surface area contributed by atoms with Gasteiger partial charge in [0.15, 0.2) is 5.13 Å². The Morgan fingerprint density at radius 3 is 2.67 bits per heavy atom. The number of aryl methyl sites for hydroxylation is 1. The molecule has 2 rings (SSSR count). The topological polar surface area (TPSA) is 62.3 Å². The van der Waals surface area contributed by atoms with Crippen molar-refractivity contribution in [2.24, 2.45) is 5.92 Å². The number of rotatable bonds is 7. The Kier molecular flexibility index (Phi) is 6.49. The molecule has 0 unspecified atom stereocenters. The molecule has 24 heavy (non-hydrogen) atoms. The van der Waals surface area contributed by atoms with E-state index >= 15 is 0 Å². The van der Waals surface area contributed by atoms with Crippen LogP contribution in [-0.4, -0.2) is 34.8 Å². The molecule has 5 nitrogen and oxygen atoms in total. The number of carbonyl (C=O) groups is 2. The number of hydrogen-bond donors (Lipinski definition) is 1. The Labute approximate surface area is 146 Å². The summed E-state index contributed by atoms with van der Waals surface area (Å²) in [5.74, 6) is 0.123. The molecular weight excluding hydrogens is 322 g/mol. The fourth-order valence-corrected chi connectivity index (χ4v) is 2.81. The van der Waals surface area contributed by atoms with Crippen molar-refractivity contribution in [3.05, 3.63) is 47.0 Å². The summed E-state index contributed by atoms with van der Waals surface area (Å²) in [4.78, 5) is 30.8. The van der Waals surface area contributed by atoms with Gasteiger partial charge in [-0.1, -0.05) is 32.0 Å². The highest BCUT2D eigenvalue weighted by molar-refractivity contribution is 7.13. The van der Waals surface area contributed by atoms with Crippen LogP contribution in [0.1, 0.15) is 36.2 Å². The van der Waals surface area contributed by atoms with E-state index < -0.39 is 0 Å². The lowest BCUT2D eigenvalue weighted by atomic mass is 10.1. The van der Waals surface area contributed by atoms with Gasteiger partial charge < -0.3 is 10.2 Å². The van der Waals surface area contributed by atoms with E-state index in [4.69, 9.17) is 0 Å². The highest BCUT2D eigenvalue weighted by Crippen LogP contribution is 2.14. The van der Waals surface area contributed by atoms with Gasteiger partial charge in [0.05, 0.1) is 0 Å². The van der Waals surface area contributed by atoms with Gasteiger partial charge in [-0.3, -0.25) is 9.59 Å². The van der Waals surface area contributed by atoms with Gasteiger partial charge >= 0.3 is 0 Å². The van der Waals surface area contributed by atoms with Crippen LogP contribution in [-0.2, 0) is 4.79 Å². The smallest absolute Gasteiger partial charge is 0.254 e. The first-order valence-corrected chi connectivity index (χ1v) is 8.89. The van der Waals surface area contributed by atoms with Gasteiger partial charge in [-0.2, -0.15) is 0 Å². The lowest BCUT2D eigenvalue weighted by Gasteiger charge is -2.23. The fourth-order valence-electron chi connectivity index (χ4n) is 2.27. The van der Waals surface area contributed by atoms with Gasteiger partial charge in [0, 0.05) is 23.7 Å². The van der Waals surface area contributed by atoms with Crippen molar-refractivity contribution in [2.45, 2.75) is 27.2 Å². The zero-order valence-corrected chi connectivity index (χ0v) is 15.1. The van der Waals surface area contributed by atoms with Crippen LogP contribution in [0.2, 0.25) is 0 Å². The van der Waals surface area contributed by atoms with E-state index in [1.54, 1.807) is 22.5 Å². The van der Waals surface area contributed by atoms with E-state index in [2.05, 4.69) is 24.1 Å². The SMILES string of the molecule is Cc1ccccc1C(=O)N(CCC(C)C)CC(=O)Nc1nccs1. The van der Waals surface area contributed by atoms with Crippen LogP contribution in [0.4, 0.5) is 5.13 Å². The van der Waals surface area contributed by atoms with Gasteiger partial charge in [-0.25, -0.2) is 4.98 Å². The van der Waals surface area contributed by atoms with Gasteiger partial charge in [0.1, 0.15) is 6.54 Å². The Bertz CT molecular complexity index is 683. The van der Waals surface area contributed by atoms with Crippen LogP contribution in [0, 0.1) is 12.8 Å². The number of hydrogen-bond acceptors (Lipinski definition) is 4. The molecule has 128 valence electrons. The van der Waals surface area contributed by atoms with Gasteiger partial charge in [-0.05, 0) is 30.9 Å². The standard InChI is InChI=1S/C18H23N3O2S/c1-13(2)8-10-21(12-16(22)20-18-19-9-11-24-18)17(23)15-7-5-4-6-14(15)3/h4-7,9,11,13H,8,10,12H2,1-3H3,(H,19,20,22). The third kappa shape index (κ3) is 5.16. The van der Waals surface area contributed by atoms with Crippen LogP contribution in [0.3, 0.4) is 0 Å². The van der Waals surface area contributed by atoms with Crippen LogP contribution < -0.4 is 5.32 Å². The van der Waals surface area contributed by atoms with Crippen LogP contribution in [0.5, 0.6) is 0 Å². The average molecular weight is 345 g/mol. The third-order valence-corrected chi connectivity index (χ3v) is 4.34. The molecule has 1 aromatic heterocycles. The number of amides is 2. The molecule has 2 amide bonds. The third-order valence-electron chi connectivity index (χ3n) is 3.65. The van der Waals surface area contributed by atoms with E-state index in [9.17, 15) is 9.59 Å². The number of aromatic nitrogens is 1. The van der Waals surface area contributed by atoms with Gasteiger partial charge in [0.25, 0.3) is 5.91 Å². The maximum Gasteiger partial charge on any atom is 0.254 e. The van der Waals surface area contributed by atoms with Crippen molar-refractivity contribution in [2.75, 3.05) is 18.4 Å². The largest absolute Gasteiger partial charge is 0.329 e. The summed E-state index contributed by atoms with van der Waals surface area (Å²) in [6.07, 6.45) is 2.48. The van der Waals surface area contributed by atoms with Crippen molar-refractivity contribution in [1.29, 1.82) is 0 Å². The van der Waals surface area contributed by atoms with Crippen molar-refractivity contribution >= 4 is 28.3 Å². The van der Waals surface area contributed by atoms with Gasteiger partial charge in [-0.15, -0.1) is 11.3 Å². The molecule has 1 N–H and O–H groups in total. The lowest BCUT2D eigenvalue weighted by molar-refractivity contribution is -0.116. The van der Waals surface area contributed by atoms with Gasteiger partial charge in [0.2, 0.25) is 5.91 Å². The zero-order valence-electron chi connectivity index (χ0n) is 14.3. The molecule has 0 aliphatic heterocycles. The highest BCUT2D eigenvalue weighted by atomic mass is 32.1. The molecule has 0 radical (unpaired) electrons. The monoisotopic (exact) mass is 345 g/mol. The molecule has 2 aromatic rings. The van der Waals surface area contributed by atoms with E-state index in [0.717, 1.165) is 12.0 Å². The molecule has 0 atom stereocenters. The Balaban J connectivity index is 2.10. The minimum absolute atomic E-state index is 0.0272. The molecule has 0 fully saturated rings. The first kappa shape index (κ1) is 18.1. The van der Waals surface area contributed by atoms with Crippen molar-refractivity contribution < 1.29 is 9.59 Å². The second-order valence-corrected chi connectivity index (χ2v) is 7.00.